The molecule has 3 aromatic carbocycles. The van der Waals surface area contributed by atoms with Crippen LogP contribution in [0.5, 0.6) is 0 Å². The van der Waals surface area contributed by atoms with Gasteiger partial charge < -0.3 is 14.8 Å². The van der Waals surface area contributed by atoms with Crippen molar-refractivity contribution in [2.75, 3.05) is 49.5 Å². The van der Waals surface area contributed by atoms with Gasteiger partial charge in [-0.15, -0.1) is 0 Å². The minimum absolute atomic E-state index is 0.913. The van der Waals surface area contributed by atoms with Crippen molar-refractivity contribution in [2.24, 2.45) is 0 Å². The fourth-order valence-corrected chi connectivity index (χ4v) is 6.86. The first-order chi connectivity index (χ1) is 20.3. The average Bonchev–Trinajstić information content (AvgIpc) is 3.44. The molecule has 0 spiro atoms. The minimum atomic E-state index is 0.913. The van der Waals surface area contributed by atoms with Gasteiger partial charge in [0.1, 0.15) is 0 Å². The molecule has 2 aliphatic rings. The summed E-state index contributed by atoms with van der Waals surface area (Å²) >= 11 is 0. The summed E-state index contributed by atoms with van der Waals surface area (Å²) in [6, 6.07) is 28.5. The molecule has 1 aliphatic carbocycles. The summed E-state index contributed by atoms with van der Waals surface area (Å²) in [5, 5.41) is 6.50. The molecule has 1 saturated heterocycles. The van der Waals surface area contributed by atoms with Crippen LogP contribution in [0.25, 0.3) is 21.8 Å². The molecule has 0 saturated carbocycles. The van der Waals surface area contributed by atoms with Crippen LogP contribution in [0, 0.1) is 0 Å². The maximum atomic E-state index is 4.99. The van der Waals surface area contributed by atoms with Crippen molar-refractivity contribution in [1.29, 1.82) is 0 Å². The number of nitrogens with one attached hydrogen (secondary N) is 1. The molecule has 7 rings (SSSR count). The topological polar surface area (TPSA) is 36.3 Å². The second kappa shape index (κ2) is 12.0. The molecule has 210 valence electrons. The van der Waals surface area contributed by atoms with E-state index < -0.39 is 0 Å². The summed E-state index contributed by atoms with van der Waals surface area (Å²) in [5.74, 6) is 0. The van der Waals surface area contributed by atoms with Crippen LogP contribution in [0.1, 0.15) is 42.5 Å². The first kappa shape index (κ1) is 26.1. The Kier molecular flexibility index (Phi) is 7.61. The molecule has 1 N–H and O–H groups in total. The Labute approximate surface area is 243 Å². The predicted molar refractivity (Wildman–Crippen MR) is 172 cm³/mol. The molecule has 5 heteroatoms. The van der Waals surface area contributed by atoms with Crippen molar-refractivity contribution in [3.8, 4) is 0 Å². The first-order valence-electron chi connectivity index (χ1n) is 15.6. The highest BCUT2D eigenvalue weighted by Gasteiger charge is 2.20. The second-order valence-electron chi connectivity index (χ2n) is 11.7. The molecule has 2 aromatic heterocycles. The highest BCUT2D eigenvalue weighted by molar-refractivity contribution is 5.94. The van der Waals surface area contributed by atoms with Gasteiger partial charge in [-0.2, -0.15) is 0 Å². The van der Waals surface area contributed by atoms with E-state index in [0.29, 0.717) is 0 Å². The largest absolute Gasteiger partial charge is 0.384 e. The van der Waals surface area contributed by atoms with E-state index in [0.717, 1.165) is 57.6 Å². The number of hydrogen-bond acceptors (Lipinski definition) is 4. The van der Waals surface area contributed by atoms with Gasteiger partial charge in [-0.3, -0.25) is 9.88 Å². The number of nitrogens with zero attached hydrogens (tertiary/aromatic N) is 4. The summed E-state index contributed by atoms with van der Waals surface area (Å²) in [7, 11) is 0. The second-order valence-corrected chi connectivity index (χ2v) is 11.7. The van der Waals surface area contributed by atoms with Gasteiger partial charge in [0, 0.05) is 73.3 Å². The molecule has 0 bridgehead atoms. The Balaban J connectivity index is 0.919. The number of fused-ring (bicyclic) bond motifs is 3. The highest BCUT2D eigenvalue weighted by atomic mass is 15.3. The number of hydrogen-bond donors (Lipinski definition) is 1. The molecule has 0 atom stereocenters. The van der Waals surface area contributed by atoms with Crippen molar-refractivity contribution in [1.82, 2.24) is 14.5 Å². The fraction of sp³-hybridized carbons (Fsp3) is 0.361. The van der Waals surface area contributed by atoms with Crippen molar-refractivity contribution in [2.45, 2.75) is 45.1 Å². The Morgan fingerprint density at radius 1 is 0.732 bits per heavy atom. The third-order valence-electron chi connectivity index (χ3n) is 9.07. The van der Waals surface area contributed by atoms with Crippen molar-refractivity contribution >= 4 is 33.2 Å². The summed E-state index contributed by atoms with van der Waals surface area (Å²) < 4.78 is 2.38. The third kappa shape index (κ3) is 5.56. The molecule has 0 unspecified atom stereocenters. The lowest BCUT2D eigenvalue weighted by Crippen LogP contribution is -2.46. The van der Waals surface area contributed by atoms with Gasteiger partial charge in [-0.05, 0) is 80.5 Å². The zero-order valence-electron chi connectivity index (χ0n) is 24.1. The van der Waals surface area contributed by atoms with E-state index in [1.807, 2.05) is 0 Å². The van der Waals surface area contributed by atoms with Gasteiger partial charge in [-0.1, -0.05) is 54.6 Å². The third-order valence-corrected chi connectivity index (χ3v) is 9.07. The number of rotatable bonds is 9. The van der Waals surface area contributed by atoms with Crippen molar-refractivity contribution in [3.05, 3.63) is 102 Å². The lowest BCUT2D eigenvalue weighted by atomic mass is 9.92. The molecular formula is C36H41N5. The number of aryl methyl sites for hydroxylation is 1. The van der Waals surface area contributed by atoms with E-state index in [1.54, 1.807) is 0 Å². The van der Waals surface area contributed by atoms with Gasteiger partial charge in [-0.25, -0.2) is 0 Å². The Hall–Kier alpha value is -3.83. The lowest BCUT2D eigenvalue weighted by Gasteiger charge is -2.36. The van der Waals surface area contributed by atoms with Crippen molar-refractivity contribution in [3.63, 3.8) is 0 Å². The number of para-hydroxylation sites is 1. The Bertz CT molecular complexity index is 1610. The van der Waals surface area contributed by atoms with Gasteiger partial charge in [0.15, 0.2) is 0 Å². The zero-order valence-corrected chi connectivity index (χ0v) is 24.1. The fourth-order valence-electron chi connectivity index (χ4n) is 6.86. The standard InChI is InChI=1S/C36H41N5/c1-2-11-28(12-3-1)27-41-22-19-31-34(17-10-18-35(31)41)40-25-23-39(24-26-40)21-9-8-20-37-36-29-13-4-6-15-32(29)38-33-16-7-5-14-30(33)36/h1-4,6,10-13,15,17-19,22H,5,7-9,14,16,20-21,23-27H2,(H,37,38). The molecule has 1 fully saturated rings. The first-order valence-corrected chi connectivity index (χ1v) is 15.6. The molecule has 0 radical (unpaired) electrons. The van der Waals surface area contributed by atoms with E-state index in [9.17, 15) is 0 Å². The summed E-state index contributed by atoms with van der Waals surface area (Å²) in [4.78, 5) is 10.2. The van der Waals surface area contributed by atoms with Gasteiger partial charge in [0.05, 0.1) is 11.0 Å². The minimum Gasteiger partial charge on any atom is -0.384 e. The van der Waals surface area contributed by atoms with Crippen LogP contribution in [-0.4, -0.2) is 53.7 Å². The quantitative estimate of drug-likeness (QED) is 0.201. The van der Waals surface area contributed by atoms with E-state index in [-0.39, 0.29) is 0 Å². The van der Waals surface area contributed by atoms with Gasteiger partial charge >= 0.3 is 0 Å². The van der Waals surface area contributed by atoms with Crippen LogP contribution in [0.15, 0.2) is 85.1 Å². The van der Waals surface area contributed by atoms with Crippen LogP contribution in [0.4, 0.5) is 11.4 Å². The normalized spacial score (nSPS) is 15.9. The number of pyridine rings is 1. The van der Waals surface area contributed by atoms with Crippen LogP contribution in [0.2, 0.25) is 0 Å². The van der Waals surface area contributed by atoms with Crippen LogP contribution in [-0.2, 0) is 19.4 Å². The predicted octanol–water partition coefficient (Wildman–Crippen LogP) is 7.13. The smallest absolute Gasteiger partial charge is 0.0726 e. The zero-order chi connectivity index (χ0) is 27.4. The highest BCUT2D eigenvalue weighted by Crippen LogP contribution is 2.33. The summed E-state index contributed by atoms with van der Waals surface area (Å²) in [6.07, 6.45) is 9.50. The number of unbranched alkanes of at least 4 members (excludes halogenated alkanes) is 1. The van der Waals surface area contributed by atoms with Crippen LogP contribution < -0.4 is 10.2 Å². The number of benzene rings is 3. The number of piperazine rings is 1. The molecule has 41 heavy (non-hydrogen) atoms. The van der Waals surface area contributed by atoms with Gasteiger partial charge in [0.2, 0.25) is 0 Å². The Morgan fingerprint density at radius 2 is 1.56 bits per heavy atom. The molecule has 3 heterocycles. The Morgan fingerprint density at radius 3 is 2.46 bits per heavy atom. The molecular weight excluding hydrogens is 502 g/mol. The lowest BCUT2D eigenvalue weighted by molar-refractivity contribution is 0.254. The van der Waals surface area contributed by atoms with E-state index in [2.05, 4.69) is 105 Å². The number of aromatic nitrogens is 2. The average molecular weight is 544 g/mol. The van der Waals surface area contributed by atoms with Crippen LogP contribution >= 0.6 is 0 Å². The molecule has 1 aliphatic heterocycles. The summed E-state index contributed by atoms with van der Waals surface area (Å²) in [5.41, 5.74) is 9.32. The van der Waals surface area contributed by atoms with E-state index in [1.165, 1.54) is 76.7 Å². The van der Waals surface area contributed by atoms with Crippen LogP contribution in [0.3, 0.4) is 0 Å². The summed E-state index contributed by atoms with van der Waals surface area (Å²) in [6.45, 7) is 7.59. The van der Waals surface area contributed by atoms with Gasteiger partial charge in [0.25, 0.3) is 0 Å². The van der Waals surface area contributed by atoms with Crippen molar-refractivity contribution < 1.29 is 0 Å². The monoisotopic (exact) mass is 543 g/mol. The molecule has 5 aromatic rings. The molecule has 5 nitrogen and oxygen atoms in total. The van der Waals surface area contributed by atoms with E-state index >= 15 is 0 Å². The van der Waals surface area contributed by atoms with E-state index in [4.69, 9.17) is 4.98 Å². The number of anilines is 2. The SMILES string of the molecule is c1ccc(Cn2ccc3c(N4CCN(CCCCNc5c6c(nc7ccccc57)CCCC6)CC4)cccc32)cc1. The maximum absolute atomic E-state index is 4.99. The molecule has 0 amide bonds. The maximum Gasteiger partial charge on any atom is 0.0726 e.